The van der Waals surface area contributed by atoms with Crippen LogP contribution in [0.4, 0.5) is 0 Å². The summed E-state index contributed by atoms with van der Waals surface area (Å²) in [7, 11) is 0. The summed E-state index contributed by atoms with van der Waals surface area (Å²) in [5.74, 6) is 2.01. The summed E-state index contributed by atoms with van der Waals surface area (Å²) in [4.78, 5) is 30.9. The first-order valence-corrected chi connectivity index (χ1v) is 46.6. The van der Waals surface area contributed by atoms with Gasteiger partial charge in [0.05, 0.1) is 100 Å². The van der Waals surface area contributed by atoms with Gasteiger partial charge in [-0.1, -0.05) is 352 Å². The molecule has 0 aliphatic rings. The van der Waals surface area contributed by atoms with Crippen molar-refractivity contribution in [2.75, 3.05) is 0 Å². The SMILES string of the molecule is c1ccc(-c2cc(-c3ccccc3)nc(-c3ccc(-n4c5ccccc5c5cc(-n6c7ccccc7c7ccccc76)ccc54)cc3)n2)cc1.c1ccc(-c2cc(-c3ccccc3)nc(-n3c4ccccc4c4cc(-n5c6ccccc6c6ccccc65)ccc43)n2)cc1.c1ccc(-c2cc(-c3ccccc3)nc(-n3c4ccccc4c4ccc(-n5c6ccccc6c6ccccc65)cc43)n2)cc1. The zero-order valence-corrected chi connectivity index (χ0v) is 74.7. The molecule has 9 aromatic heterocycles. The minimum absolute atomic E-state index is 0.649. The van der Waals surface area contributed by atoms with E-state index in [-0.39, 0.29) is 0 Å². The number of hydrogen-bond acceptors (Lipinski definition) is 6. The summed E-state index contributed by atoms with van der Waals surface area (Å²) >= 11 is 0. The van der Waals surface area contributed by atoms with Crippen LogP contribution in [0.2, 0.25) is 0 Å². The summed E-state index contributed by atoms with van der Waals surface area (Å²) in [5.41, 5.74) is 31.0. The van der Waals surface area contributed by atoms with Crippen LogP contribution in [0, 0.1) is 0 Å². The lowest BCUT2D eigenvalue weighted by atomic mass is 10.1. The van der Waals surface area contributed by atoms with E-state index in [1.165, 1.54) is 97.9 Å². The third kappa shape index (κ3) is 13.9. The number of rotatable bonds is 13. The van der Waals surface area contributed by atoms with Crippen LogP contribution in [0.1, 0.15) is 0 Å². The Balaban J connectivity index is 0.000000107. The van der Waals surface area contributed by atoms with Crippen LogP contribution >= 0.6 is 0 Å². The van der Waals surface area contributed by atoms with Gasteiger partial charge in [-0.05, 0) is 146 Å². The predicted molar refractivity (Wildman–Crippen MR) is 570 cm³/mol. The standard InChI is InChI=1S/C46H30N4.2C40H26N4/c1-3-13-31(14-4-1)40-30-41(32-15-5-2-6-16-32)48-46(47-40)33-23-25-34(26-24-33)49-44-22-12-9-19-38(44)39-29-35(27-28-45(39)49)50-42-20-10-7-17-36(42)37-18-8-11-21-43(37)50;1-3-13-27(14-4-1)34-26-35(28-15-5-2-6-16-28)42-40(41-34)44-38-22-12-9-19-32(38)33-25-29(23-24-39(33)44)43-36-20-10-7-17-30(36)31-18-8-11-21-37(31)43;1-3-13-27(14-4-1)34-26-35(28-15-5-2-6-16-28)42-40(41-34)44-38-22-12-9-19-32(38)33-24-23-29(25-39(33)44)43-36-20-10-7-17-30(36)31-18-8-11-21-37(31)43/h1-30H;2*1-26H. The second-order valence-electron chi connectivity index (χ2n) is 34.9. The molecule has 0 saturated heterocycles. The molecule has 646 valence electrons. The molecule has 138 heavy (non-hydrogen) atoms. The number of hydrogen-bond donors (Lipinski definition) is 0. The fourth-order valence-corrected chi connectivity index (χ4v) is 20.6. The minimum Gasteiger partial charge on any atom is -0.309 e. The predicted octanol–water partition coefficient (Wildman–Crippen LogP) is 31.7. The number of para-hydroxylation sites is 9. The van der Waals surface area contributed by atoms with Gasteiger partial charge in [0.2, 0.25) is 11.9 Å². The lowest BCUT2D eigenvalue weighted by Gasteiger charge is -2.13. The van der Waals surface area contributed by atoms with Gasteiger partial charge < -0.3 is 18.3 Å². The molecule has 0 spiro atoms. The van der Waals surface area contributed by atoms with Crippen LogP contribution in [0.25, 0.3) is 244 Å². The number of nitrogens with zero attached hydrogens (tertiary/aromatic N) is 12. The Labute approximate surface area is 793 Å². The van der Waals surface area contributed by atoms with E-state index in [2.05, 4.69) is 464 Å². The van der Waals surface area contributed by atoms with E-state index in [4.69, 9.17) is 29.9 Å². The van der Waals surface area contributed by atoms with Gasteiger partial charge in [-0.2, -0.15) is 0 Å². The largest absolute Gasteiger partial charge is 0.309 e. The van der Waals surface area contributed by atoms with E-state index in [1.807, 2.05) is 60.7 Å². The third-order valence-corrected chi connectivity index (χ3v) is 26.8. The minimum atomic E-state index is 0.649. The average molecular weight is 1760 g/mol. The monoisotopic (exact) mass is 1760 g/mol. The molecule has 0 fully saturated rings. The van der Waals surface area contributed by atoms with Gasteiger partial charge in [-0.3, -0.25) is 9.13 Å². The number of aromatic nitrogens is 12. The summed E-state index contributed by atoms with van der Waals surface area (Å²) in [6, 6.07) is 175. The fraction of sp³-hybridized carbons (Fsp3) is 0. The molecule has 9 heterocycles. The van der Waals surface area contributed by atoms with E-state index in [0.717, 1.165) is 129 Å². The molecule has 0 radical (unpaired) electrons. The Morgan fingerprint density at radius 3 is 0.601 bits per heavy atom. The van der Waals surface area contributed by atoms with E-state index in [9.17, 15) is 0 Å². The molecular formula is C126H82N12. The maximum atomic E-state index is 5.21. The van der Waals surface area contributed by atoms with Crippen LogP contribution in [-0.2, 0) is 0 Å². The second kappa shape index (κ2) is 33.8. The van der Waals surface area contributed by atoms with Gasteiger partial charge in [0.1, 0.15) is 0 Å². The smallest absolute Gasteiger partial charge is 0.235 e. The zero-order chi connectivity index (χ0) is 91.1. The van der Waals surface area contributed by atoms with Crippen LogP contribution in [0.15, 0.2) is 497 Å². The van der Waals surface area contributed by atoms with Crippen molar-refractivity contribution in [3.63, 3.8) is 0 Å². The van der Waals surface area contributed by atoms with Crippen molar-refractivity contribution in [1.82, 2.24) is 57.3 Å². The normalized spacial score (nSPS) is 11.6. The Bertz CT molecular complexity index is 9230. The zero-order valence-electron chi connectivity index (χ0n) is 74.7. The summed E-state index contributed by atoms with van der Waals surface area (Å²) in [5, 5.41) is 14.6. The highest BCUT2D eigenvalue weighted by molar-refractivity contribution is 6.16. The van der Waals surface area contributed by atoms with Crippen molar-refractivity contribution in [2.24, 2.45) is 0 Å². The van der Waals surface area contributed by atoms with Crippen LogP contribution in [-0.4, -0.2) is 57.3 Å². The highest BCUT2D eigenvalue weighted by Crippen LogP contribution is 2.44. The molecule has 0 saturated carbocycles. The van der Waals surface area contributed by atoms with E-state index in [0.29, 0.717) is 17.7 Å². The molecule has 0 amide bonds. The maximum Gasteiger partial charge on any atom is 0.235 e. The number of benzene rings is 19. The molecule has 0 aliphatic carbocycles. The molecule has 0 N–H and O–H groups in total. The Hall–Kier alpha value is -18.8. The fourth-order valence-electron chi connectivity index (χ4n) is 20.6. The first-order chi connectivity index (χ1) is 68.5. The molecule has 0 atom stereocenters. The summed E-state index contributed by atoms with van der Waals surface area (Å²) < 4.78 is 13.9. The molecule has 28 aromatic rings. The van der Waals surface area contributed by atoms with Gasteiger partial charge in [-0.25, -0.2) is 29.9 Å². The van der Waals surface area contributed by atoms with Crippen molar-refractivity contribution < 1.29 is 0 Å². The molecule has 28 rings (SSSR count). The van der Waals surface area contributed by atoms with Crippen LogP contribution in [0.3, 0.4) is 0 Å². The first-order valence-electron chi connectivity index (χ1n) is 46.6. The molecule has 19 aromatic carbocycles. The highest BCUT2D eigenvalue weighted by Gasteiger charge is 2.25. The van der Waals surface area contributed by atoms with Crippen LogP contribution < -0.4 is 0 Å². The van der Waals surface area contributed by atoms with Gasteiger partial charge >= 0.3 is 0 Å². The highest BCUT2D eigenvalue weighted by atomic mass is 15.2. The Morgan fingerprint density at radius 1 is 0.116 bits per heavy atom. The molecule has 12 heteroatoms. The molecule has 12 nitrogen and oxygen atoms in total. The molecular weight excluding hydrogens is 1680 g/mol. The lowest BCUT2D eigenvalue weighted by molar-refractivity contribution is 0.994. The number of fused-ring (bicyclic) bond motifs is 18. The molecule has 0 bridgehead atoms. The van der Waals surface area contributed by atoms with Gasteiger partial charge in [0.25, 0.3) is 0 Å². The van der Waals surface area contributed by atoms with E-state index in [1.54, 1.807) is 0 Å². The first kappa shape index (κ1) is 80.1. The van der Waals surface area contributed by atoms with Crippen molar-refractivity contribution >= 4 is 131 Å². The molecule has 0 aliphatic heterocycles. The van der Waals surface area contributed by atoms with Gasteiger partial charge in [-0.15, -0.1) is 0 Å². The molecule has 0 unspecified atom stereocenters. The maximum absolute atomic E-state index is 5.21. The lowest BCUT2D eigenvalue weighted by Crippen LogP contribution is -2.04. The van der Waals surface area contributed by atoms with Crippen molar-refractivity contribution in [3.8, 4) is 114 Å². The van der Waals surface area contributed by atoms with Gasteiger partial charge in [0.15, 0.2) is 5.82 Å². The second-order valence-corrected chi connectivity index (χ2v) is 34.9. The summed E-state index contributed by atoms with van der Waals surface area (Å²) in [6.07, 6.45) is 0. The van der Waals surface area contributed by atoms with Crippen molar-refractivity contribution in [3.05, 3.63) is 497 Å². The summed E-state index contributed by atoms with van der Waals surface area (Å²) in [6.45, 7) is 0. The Kier molecular flexibility index (Phi) is 19.6. The van der Waals surface area contributed by atoms with Crippen LogP contribution in [0.5, 0.6) is 0 Å². The topological polar surface area (TPSA) is 107 Å². The van der Waals surface area contributed by atoms with Gasteiger partial charge in [0, 0.05) is 126 Å². The van der Waals surface area contributed by atoms with E-state index >= 15 is 0 Å². The van der Waals surface area contributed by atoms with Crippen molar-refractivity contribution in [1.29, 1.82) is 0 Å². The van der Waals surface area contributed by atoms with E-state index < -0.39 is 0 Å². The average Bonchev–Trinajstić information content (AvgIpc) is 1.56. The quantitative estimate of drug-likeness (QED) is 0.114. The third-order valence-electron chi connectivity index (χ3n) is 26.8. The van der Waals surface area contributed by atoms with Crippen molar-refractivity contribution in [2.45, 2.75) is 0 Å². The Morgan fingerprint density at radius 2 is 0.312 bits per heavy atom.